The lowest BCUT2D eigenvalue weighted by atomic mass is 10.1. The Labute approximate surface area is 142 Å². The van der Waals surface area contributed by atoms with E-state index in [1.807, 2.05) is 24.3 Å². The molecular formula is C19H24N2O3. The molecule has 0 bridgehead atoms. The molecule has 24 heavy (non-hydrogen) atoms. The Morgan fingerprint density at radius 2 is 1.92 bits per heavy atom. The third kappa shape index (κ3) is 5.93. The van der Waals surface area contributed by atoms with Crippen molar-refractivity contribution < 1.29 is 14.6 Å². The van der Waals surface area contributed by atoms with E-state index in [-0.39, 0.29) is 12.6 Å². The van der Waals surface area contributed by atoms with Crippen LogP contribution < -0.4 is 15.4 Å². The molecule has 0 aliphatic carbocycles. The number of aliphatic hydroxyl groups excluding tert-OH is 1. The van der Waals surface area contributed by atoms with Crippen LogP contribution in [0.5, 0.6) is 5.75 Å². The average molecular weight is 328 g/mol. The largest absolute Gasteiger partial charge is 0.497 e. The van der Waals surface area contributed by atoms with Gasteiger partial charge in [-0.25, -0.2) is 4.79 Å². The molecule has 1 atom stereocenters. The van der Waals surface area contributed by atoms with Crippen LogP contribution in [0.4, 0.5) is 4.79 Å². The first-order valence-electron chi connectivity index (χ1n) is 8.06. The summed E-state index contributed by atoms with van der Waals surface area (Å²) in [7, 11) is 1.58. The van der Waals surface area contributed by atoms with Crippen molar-refractivity contribution in [3.63, 3.8) is 0 Å². The Morgan fingerprint density at radius 3 is 2.67 bits per heavy atom. The van der Waals surface area contributed by atoms with Crippen molar-refractivity contribution in [2.45, 2.75) is 18.9 Å². The van der Waals surface area contributed by atoms with Gasteiger partial charge in [0.25, 0.3) is 0 Å². The maximum absolute atomic E-state index is 11.8. The summed E-state index contributed by atoms with van der Waals surface area (Å²) < 4.78 is 5.12. The topological polar surface area (TPSA) is 70.6 Å². The maximum atomic E-state index is 11.8. The molecule has 0 saturated carbocycles. The van der Waals surface area contributed by atoms with Gasteiger partial charge in [-0.05, 0) is 36.1 Å². The van der Waals surface area contributed by atoms with Crippen LogP contribution in [0, 0.1) is 0 Å². The van der Waals surface area contributed by atoms with Crippen molar-refractivity contribution >= 4 is 6.03 Å². The minimum Gasteiger partial charge on any atom is -0.497 e. The van der Waals surface area contributed by atoms with Crippen molar-refractivity contribution in [1.82, 2.24) is 10.6 Å². The Balaban J connectivity index is 1.65. The van der Waals surface area contributed by atoms with E-state index in [2.05, 4.69) is 22.8 Å². The number of hydrogen-bond donors (Lipinski definition) is 3. The second kappa shape index (κ2) is 9.57. The van der Waals surface area contributed by atoms with E-state index in [1.165, 1.54) is 5.56 Å². The number of aryl methyl sites for hydroxylation is 1. The molecule has 0 radical (unpaired) electrons. The Kier molecular flexibility index (Phi) is 7.11. The predicted molar refractivity (Wildman–Crippen MR) is 94.1 cm³/mol. The highest BCUT2D eigenvalue weighted by Crippen LogP contribution is 2.18. The fourth-order valence-corrected chi connectivity index (χ4v) is 2.36. The van der Waals surface area contributed by atoms with Crippen LogP contribution in [-0.4, -0.2) is 31.3 Å². The molecule has 128 valence electrons. The average Bonchev–Trinajstić information content (AvgIpc) is 2.64. The van der Waals surface area contributed by atoms with Gasteiger partial charge in [0.1, 0.15) is 5.75 Å². The molecule has 1 unspecified atom stereocenters. The highest BCUT2D eigenvalue weighted by Gasteiger charge is 2.10. The van der Waals surface area contributed by atoms with Crippen LogP contribution in [0.3, 0.4) is 0 Å². The lowest BCUT2D eigenvalue weighted by Crippen LogP contribution is -2.38. The van der Waals surface area contributed by atoms with E-state index in [1.54, 1.807) is 25.3 Å². The number of hydrogen-bond acceptors (Lipinski definition) is 3. The van der Waals surface area contributed by atoms with Crippen LogP contribution in [0.15, 0.2) is 54.6 Å². The van der Waals surface area contributed by atoms with Crippen molar-refractivity contribution in [3.8, 4) is 5.75 Å². The molecule has 0 heterocycles. The number of urea groups is 1. The van der Waals surface area contributed by atoms with Crippen molar-refractivity contribution in [3.05, 3.63) is 65.7 Å². The number of methoxy groups -OCH3 is 1. The second-order valence-corrected chi connectivity index (χ2v) is 5.52. The quantitative estimate of drug-likeness (QED) is 0.653. The van der Waals surface area contributed by atoms with Crippen LogP contribution >= 0.6 is 0 Å². The summed E-state index contributed by atoms with van der Waals surface area (Å²) >= 11 is 0. The van der Waals surface area contributed by atoms with Gasteiger partial charge in [-0.3, -0.25) is 0 Å². The zero-order chi connectivity index (χ0) is 17.2. The molecule has 0 aliphatic rings. The number of ether oxygens (including phenoxy) is 1. The minimum absolute atomic E-state index is 0.150. The molecule has 0 saturated heterocycles. The number of aliphatic hydroxyl groups is 1. The molecular weight excluding hydrogens is 304 g/mol. The number of amides is 2. The van der Waals surface area contributed by atoms with E-state index in [4.69, 9.17) is 4.74 Å². The normalized spacial score (nSPS) is 11.6. The molecule has 5 nitrogen and oxygen atoms in total. The summed E-state index contributed by atoms with van der Waals surface area (Å²) in [5.74, 6) is 0.678. The smallest absolute Gasteiger partial charge is 0.314 e. The molecule has 2 rings (SSSR count). The highest BCUT2D eigenvalue weighted by molar-refractivity contribution is 5.73. The zero-order valence-electron chi connectivity index (χ0n) is 13.9. The lowest BCUT2D eigenvalue weighted by Gasteiger charge is -2.14. The molecule has 2 aromatic rings. The molecule has 0 aliphatic heterocycles. The first-order chi connectivity index (χ1) is 11.7. The van der Waals surface area contributed by atoms with Gasteiger partial charge in [0, 0.05) is 13.1 Å². The van der Waals surface area contributed by atoms with Crippen LogP contribution in [0.25, 0.3) is 0 Å². The van der Waals surface area contributed by atoms with Gasteiger partial charge < -0.3 is 20.5 Å². The van der Waals surface area contributed by atoms with Crippen molar-refractivity contribution in [2.24, 2.45) is 0 Å². The predicted octanol–water partition coefficient (Wildman–Crippen LogP) is 2.66. The van der Waals surface area contributed by atoms with E-state index < -0.39 is 6.10 Å². The monoisotopic (exact) mass is 328 g/mol. The van der Waals surface area contributed by atoms with E-state index in [9.17, 15) is 9.90 Å². The van der Waals surface area contributed by atoms with Crippen molar-refractivity contribution in [1.29, 1.82) is 0 Å². The Bertz CT molecular complexity index is 632. The van der Waals surface area contributed by atoms with Gasteiger partial charge in [0.05, 0.1) is 13.2 Å². The molecule has 0 fully saturated rings. The van der Waals surface area contributed by atoms with Crippen molar-refractivity contribution in [2.75, 3.05) is 20.2 Å². The fourth-order valence-electron chi connectivity index (χ4n) is 2.36. The molecule has 0 spiro atoms. The summed E-state index contributed by atoms with van der Waals surface area (Å²) in [5, 5.41) is 15.6. The third-order valence-electron chi connectivity index (χ3n) is 3.71. The molecule has 2 amide bonds. The summed E-state index contributed by atoms with van der Waals surface area (Å²) in [5.41, 5.74) is 1.96. The van der Waals surface area contributed by atoms with Gasteiger partial charge in [-0.15, -0.1) is 0 Å². The third-order valence-corrected chi connectivity index (χ3v) is 3.71. The van der Waals surface area contributed by atoms with Gasteiger partial charge in [0.15, 0.2) is 0 Å². The first kappa shape index (κ1) is 17.8. The minimum atomic E-state index is -0.768. The first-order valence-corrected chi connectivity index (χ1v) is 8.06. The highest BCUT2D eigenvalue weighted by atomic mass is 16.5. The van der Waals surface area contributed by atoms with Gasteiger partial charge >= 0.3 is 6.03 Å². The molecule has 0 aromatic heterocycles. The fraction of sp³-hybridized carbons (Fsp3) is 0.316. The summed E-state index contributed by atoms with van der Waals surface area (Å²) in [4.78, 5) is 11.8. The number of benzene rings is 2. The molecule has 2 aromatic carbocycles. The van der Waals surface area contributed by atoms with Gasteiger partial charge in [-0.1, -0.05) is 42.5 Å². The Morgan fingerprint density at radius 1 is 1.12 bits per heavy atom. The van der Waals surface area contributed by atoms with E-state index >= 15 is 0 Å². The zero-order valence-corrected chi connectivity index (χ0v) is 13.9. The number of rotatable bonds is 8. The van der Waals surface area contributed by atoms with E-state index in [0.29, 0.717) is 17.9 Å². The molecule has 5 heteroatoms. The van der Waals surface area contributed by atoms with Crippen LogP contribution in [0.2, 0.25) is 0 Å². The van der Waals surface area contributed by atoms with E-state index in [0.717, 1.165) is 12.8 Å². The summed E-state index contributed by atoms with van der Waals surface area (Å²) in [6.45, 7) is 0.744. The number of carbonyl (C=O) groups is 1. The molecule has 3 N–H and O–H groups in total. The van der Waals surface area contributed by atoms with Gasteiger partial charge in [-0.2, -0.15) is 0 Å². The second-order valence-electron chi connectivity index (χ2n) is 5.52. The SMILES string of the molecule is COc1cccc(C(O)CNC(=O)NCCCc2ccccc2)c1. The lowest BCUT2D eigenvalue weighted by molar-refractivity contribution is 0.173. The maximum Gasteiger partial charge on any atom is 0.314 e. The number of nitrogens with one attached hydrogen (secondary N) is 2. The Hall–Kier alpha value is -2.53. The standard InChI is InChI=1S/C19H24N2O3/c1-24-17-11-5-10-16(13-17)18(22)14-21-19(23)20-12-6-9-15-7-3-2-4-8-15/h2-5,7-8,10-11,13,18,22H,6,9,12,14H2,1H3,(H2,20,21,23). The summed E-state index contributed by atoms with van der Waals surface area (Å²) in [6, 6.07) is 17.0. The van der Waals surface area contributed by atoms with Crippen LogP contribution in [-0.2, 0) is 6.42 Å². The summed E-state index contributed by atoms with van der Waals surface area (Å²) in [6.07, 6.45) is 1.03. The van der Waals surface area contributed by atoms with Crippen LogP contribution in [0.1, 0.15) is 23.7 Å². The number of carbonyl (C=O) groups excluding carboxylic acids is 1. The van der Waals surface area contributed by atoms with Gasteiger partial charge in [0.2, 0.25) is 0 Å².